The molecule has 140 valence electrons. The van der Waals surface area contributed by atoms with Crippen molar-refractivity contribution in [2.24, 2.45) is 13.0 Å². The monoisotopic (exact) mass is 374 g/mol. The first kappa shape index (κ1) is 16.5. The molecule has 4 aromatic rings. The first-order chi connectivity index (χ1) is 13.7. The number of hydrogen-bond donors (Lipinski definition) is 0. The van der Waals surface area contributed by atoms with Crippen LogP contribution in [0.25, 0.3) is 22.3 Å². The van der Waals surface area contributed by atoms with Crippen LogP contribution in [0.3, 0.4) is 0 Å². The summed E-state index contributed by atoms with van der Waals surface area (Å²) >= 11 is 0. The Morgan fingerprint density at radius 2 is 1.93 bits per heavy atom. The lowest BCUT2D eigenvalue weighted by atomic mass is 10.00. The molecule has 0 aliphatic carbocycles. The van der Waals surface area contributed by atoms with E-state index in [1.807, 2.05) is 19.2 Å². The standard InChI is InChI=1S/C19H18N8O/c1-25-18-15(8-23-25)19(22-12-21-18)26-9-13(10-26)11-27-17(28)3-2-16(24-27)14-4-6-20-7-5-14/h2-8,12-13H,9-11H2,1H3. The SMILES string of the molecule is Cn1ncc2c(N3CC(Cn4nc(-c5ccncc5)ccc4=O)C3)ncnc21. The molecule has 0 spiro atoms. The Hall–Kier alpha value is -3.62. The lowest BCUT2D eigenvalue weighted by Crippen LogP contribution is -2.50. The van der Waals surface area contributed by atoms with Gasteiger partial charge in [-0.25, -0.2) is 14.6 Å². The van der Waals surface area contributed by atoms with Gasteiger partial charge in [0.1, 0.15) is 12.1 Å². The number of rotatable bonds is 4. The number of fused-ring (bicyclic) bond motifs is 1. The van der Waals surface area contributed by atoms with Crippen LogP contribution in [0.1, 0.15) is 0 Å². The predicted octanol–water partition coefficient (Wildman–Crippen LogP) is 1.12. The molecule has 1 aliphatic heterocycles. The van der Waals surface area contributed by atoms with E-state index in [2.05, 4.69) is 30.0 Å². The van der Waals surface area contributed by atoms with Crippen LogP contribution in [0, 0.1) is 5.92 Å². The number of pyridine rings is 1. The Balaban J connectivity index is 1.33. The molecule has 0 aromatic carbocycles. The van der Waals surface area contributed by atoms with E-state index in [0.29, 0.717) is 12.5 Å². The largest absolute Gasteiger partial charge is 0.355 e. The average Bonchev–Trinajstić information content (AvgIpc) is 3.08. The van der Waals surface area contributed by atoms with Gasteiger partial charge in [0.25, 0.3) is 5.56 Å². The second kappa shape index (κ2) is 6.52. The molecule has 5 heterocycles. The summed E-state index contributed by atoms with van der Waals surface area (Å²) in [7, 11) is 1.87. The number of aromatic nitrogens is 7. The van der Waals surface area contributed by atoms with Crippen LogP contribution < -0.4 is 10.5 Å². The third-order valence-electron chi connectivity index (χ3n) is 5.04. The minimum absolute atomic E-state index is 0.0899. The average molecular weight is 374 g/mol. The van der Waals surface area contributed by atoms with Crippen LogP contribution in [0.5, 0.6) is 0 Å². The molecule has 0 unspecified atom stereocenters. The minimum Gasteiger partial charge on any atom is -0.355 e. The van der Waals surface area contributed by atoms with Gasteiger partial charge in [-0.3, -0.25) is 14.5 Å². The molecule has 0 radical (unpaired) electrons. The van der Waals surface area contributed by atoms with Gasteiger partial charge < -0.3 is 4.90 Å². The molecular formula is C19H18N8O. The van der Waals surface area contributed by atoms with E-state index >= 15 is 0 Å². The van der Waals surface area contributed by atoms with E-state index in [1.165, 1.54) is 0 Å². The summed E-state index contributed by atoms with van der Waals surface area (Å²) in [6.07, 6.45) is 6.80. The lowest BCUT2D eigenvalue weighted by molar-refractivity contribution is 0.334. The number of anilines is 1. The summed E-state index contributed by atoms with van der Waals surface area (Å²) in [5, 5.41) is 9.74. The van der Waals surface area contributed by atoms with Crippen molar-refractivity contribution >= 4 is 16.9 Å². The maximum Gasteiger partial charge on any atom is 0.266 e. The molecule has 28 heavy (non-hydrogen) atoms. The molecule has 0 N–H and O–H groups in total. The maximum atomic E-state index is 12.3. The van der Waals surface area contributed by atoms with Crippen LogP contribution in [0.4, 0.5) is 5.82 Å². The zero-order valence-electron chi connectivity index (χ0n) is 15.3. The molecule has 5 rings (SSSR count). The molecule has 9 heteroatoms. The highest BCUT2D eigenvalue weighted by atomic mass is 16.1. The second-order valence-electron chi connectivity index (χ2n) is 6.95. The third kappa shape index (κ3) is 2.81. The van der Waals surface area contributed by atoms with Gasteiger partial charge in [-0.2, -0.15) is 10.2 Å². The van der Waals surface area contributed by atoms with Crippen LogP contribution >= 0.6 is 0 Å². The van der Waals surface area contributed by atoms with E-state index in [1.54, 1.807) is 46.4 Å². The summed E-state index contributed by atoms with van der Waals surface area (Å²) in [5.41, 5.74) is 2.44. The zero-order valence-corrected chi connectivity index (χ0v) is 15.3. The predicted molar refractivity (Wildman–Crippen MR) is 104 cm³/mol. The molecule has 0 saturated carbocycles. The molecule has 0 bridgehead atoms. The van der Waals surface area contributed by atoms with Gasteiger partial charge in [0.05, 0.1) is 23.8 Å². The molecule has 0 atom stereocenters. The van der Waals surface area contributed by atoms with Crippen molar-refractivity contribution in [1.82, 2.24) is 34.5 Å². The van der Waals surface area contributed by atoms with E-state index in [0.717, 1.165) is 41.2 Å². The van der Waals surface area contributed by atoms with Gasteiger partial charge in [0, 0.05) is 50.1 Å². The topological polar surface area (TPSA) is 94.6 Å². The van der Waals surface area contributed by atoms with Crippen molar-refractivity contribution in [3.05, 3.63) is 59.5 Å². The third-order valence-corrected chi connectivity index (χ3v) is 5.04. The number of hydrogen-bond acceptors (Lipinski definition) is 7. The van der Waals surface area contributed by atoms with E-state index in [9.17, 15) is 4.79 Å². The van der Waals surface area contributed by atoms with Crippen molar-refractivity contribution in [3.8, 4) is 11.3 Å². The summed E-state index contributed by atoms with van der Waals surface area (Å²) in [5.74, 6) is 1.22. The Morgan fingerprint density at radius 3 is 2.75 bits per heavy atom. The van der Waals surface area contributed by atoms with Crippen molar-refractivity contribution in [2.45, 2.75) is 6.54 Å². The normalized spacial score (nSPS) is 14.4. The smallest absolute Gasteiger partial charge is 0.266 e. The number of aryl methyl sites for hydroxylation is 1. The van der Waals surface area contributed by atoms with E-state index in [-0.39, 0.29) is 5.56 Å². The van der Waals surface area contributed by atoms with Gasteiger partial charge in [-0.1, -0.05) is 0 Å². The first-order valence-corrected chi connectivity index (χ1v) is 9.05. The molecule has 9 nitrogen and oxygen atoms in total. The summed E-state index contributed by atoms with van der Waals surface area (Å²) in [4.78, 5) is 27.2. The Morgan fingerprint density at radius 1 is 1.11 bits per heavy atom. The fraction of sp³-hybridized carbons (Fsp3) is 0.263. The first-order valence-electron chi connectivity index (χ1n) is 9.05. The van der Waals surface area contributed by atoms with E-state index in [4.69, 9.17) is 0 Å². The van der Waals surface area contributed by atoms with Crippen LogP contribution in [-0.4, -0.2) is 47.6 Å². The fourth-order valence-electron chi connectivity index (χ4n) is 3.56. The van der Waals surface area contributed by atoms with E-state index < -0.39 is 0 Å². The highest BCUT2D eigenvalue weighted by Gasteiger charge is 2.30. The Labute approximate surface area is 160 Å². The van der Waals surface area contributed by atoms with Crippen molar-refractivity contribution in [2.75, 3.05) is 18.0 Å². The molecule has 4 aromatic heterocycles. The zero-order chi connectivity index (χ0) is 19.1. The van der Waals surface area contributed by atoms with Gasteiger partial charge in [-0.05, 0) is 18.2 Å². The molecule has 0 amide bonds. The maximum absolute atomic E-state index is 12.3. The van der Waals surface area contributed by atoms with Gasteiger partial charge in [0.2, 0.25) is 0 Å². The molecule has 1 aliphatic rings. The lowest BCUT2D eigenvalue weighted by Gasteiger charge is -2.40. The number of nitrogens with zero attached hydrogens (tertiary/aromatic N) is 8. The van der Waals surface area contributed by atoms with Crippen molar-refractivity contribution in [1.29, 1.82) is 0 Å². The van der Waals surface area contributed by atoms with Crippen molar-refractivity contribution < 1.29 is 0 Å². The highest BCUT2D eigenvalue weighted by molar-refractivity contribution is 5.86. The quantitative estimate of drug-likeness (QED) is 0.528. The molecule has 1 fully saturated rings. The van der Waals surface area contributed by atoms with Crippen LogP contribution in [-0.2, 0) is 13.6 Å². The fourth-order valence-corrected chi connectivity index (χ4v) is 3.56. The van der Waals surface area contributed by atoms with Crippen LogP contribution in [0.2, 0.25) is 0 Å². The highest BCUT2D eigenvalue weighted by Crippen LogP contribution is 2.29. The van der Waals surface area contributed by atoms with Crippen molar-refractivity contribution in [3.63, 3.8) is 0 Å². The Bertz CT molecular complexity index is 1190. The molecule has 1 saturated heterocycles. The molecular weight excluding hydrogens is 356 g/mol. The Kier molecular flexibility index (Phi) is 3.85. The summed E-state index contributed by atoms with van der Waals surface area (Å²) in [6, 6.07) is 7.09. The van der Waals surface area contributed by atoms with Crippen LogP contribution in [0.15, 0.2) is 54.0 Å². The van der Waals surface area contributed by atoms with Gasteiger partial charge in [-0.15, -0.1) is 0 Å². The van der Waals surface area contributed by atoms with Gasteiger partial charge >= 0.3 is 0 Å². The summed E-state index contributed by atoms with van der Waals surface area (Å²) < 4.78 is 3.29. The second-order valence-corrected chi connectivity index (χ2v) is 6.95. The summed E-state index contributed by atoms with van der Waals surface area (Å²) in [6.45, 7) is 2.21. The minimum atomic E-state index is -0.0899. The van der Waals surface area contributed by atoms with Gasteiger partial charge in [0.15, 0.2) is 5.65 Å².